The Morgan fingerprint density at radius 1 is 0.971 bits per heavy atom. The lowest BCUT2D eigenvalue weighted by molar-refractivity contribution is -0.870. The molecule has 3 unspecified atom stereocenters. The summed E-state index contributed by atoms with van der Waals surface area (Å²) in [7, 11) is 1.25. The second-order valence-corrected chi connectivity index (χ2v) is 11.8. The summed E-state index contributed by atoms with van der Waals surface area (Å²) in [5, 5.41) is 13.2. The highest BCUT2D eigenvalue weighted by molar-refractivity contribution is 7.45. The summed E-state index contributed by atoms with van der Waals surface area (Å²) < 4.78 is 22.5. The molecule has 0 saturated carbocycles. The van der Waals surface area contributed by atoms with Crippen molar-refractivity contribution in [1.82, 2.24) is 5.32 Å². The number of amides is 1. The van der Waals surface area contributed by atoms with Crippen LogP contribution in [0.5, 0.6) is 0 Å². The van der Waals surface area contributed by atoms with Gasteiger partial charge in [0.1, 0.15) is 13.2 Å². The van der Waals surface area contributed by atoms with Crippen molar-refractivity contribution in [1.29, 1.82) is 0 Å². The Balaban J connectivity index is 4.42. The first-order valence-corrected chi connectivity index (χ1v) is 15.0. The van der Waals surface area contributed by atoms with Crippen LogP contribution in [0.1, 0.15) is 97.3 Å². The maximum Gasteiger partial charge on any atom is 0.268 e. The molecule has 0 spiro atoms. The first-order valence-electron chi connectivity index (χ1n) is 13.6. The molecule has 0 radical (unpaired) electrons. The molecule has 0 fully saturated rings. The summed E-state index contributed by atoms with van der Waals surface area (Å²) >= 11 is 0. The number of allylic oxidation sites excluding steroid dienone is 1. The number of nitrogens with zero attached hydrogens (tertiary/aromatic N) is 1. The van der Waals surface area contributed by atoms with Gasteiger partial charge >= 0.3 is 0 Å². The smallest absolute Gasteiger partial charge is 0.268 e. The van der Waals surface area contributed by atoms with Gasteiger partial charge < -0.3 is 28.8 Å². The van der Waals surface area contributed by atoms with E-state index in [2.05, 4.69) is 12.2 Å². The second kappa shape index (κ2) is 20.3. The Labute approximate surface area is 214 Å². The Bertz CT molecular complexity index is 609. The second-order valence-electron chi connectivity index (χ2n) is 10.4. The van der Waals surface area contributed by atoms with Crippen molar-refractivity contribution in [2.24, 2.45) is 0 Å². The molecule has 0 aliphatic carbocycles. The number of nitrogens with one attached hydrogen (secondary N) is 1. The molecule has 0 bridgehead atoms. The topological polar surface area (TPSA) is 108 Å². The van der Waals surface area contributed by atoms with Gasteiger partial charge in [-0.25, -0.2) is 0 Å². The summed E-state index contributed by atoms with van der Waals surface area (Å²) in [6.45, 7) is 4.22. The van der Waals surface area contributed by atoms with Gasteiger partial charge in [-0.1, -0.05) is 83.8 Å². The highest BCUT2D eigenvalue weighted by Gasteiger charge is 2.22. The lowest BCUT2D eigenvalue weighted by Gasteiger charge is -2.29. The molecule has 0 aromatic heterocycles. The number of aliphatic hydroxyl groups excluding tert-OH is 1. The number of hydrogen-bond donors (Lipinski definition) is 2. The molecular weight excluding hydrogens is 467 g/mol. The van der Waals surface area contributed by atoms with Crippen LogP contribution in [0.2, 0.25) is 0 Å². The maximum absolute atomic E-state index is 12.1. The molecule has 35 heavy (non-hydrogen) atoms. The van der Waals surface area contributed by atoms with E-state index in [-0.39, 0.29) is 19.1 Å². The number of phosphoric ester groups is 1. The van der Waals surface area contributed by atoms with Crippen molar-refractivity contribution < 1.29 is 32.9 Å². The molecule has 0 heterocycles. The van der Waals surface area contributed by atoms with Crippen LogP contribution >= 0.6 is 7.82 Å². The summed E-state index contributed by atoms with van der Waals surface area (Å²) in [5.74, 6) is -0.255. The standard InChI is InChI=1S/C26H53N2O6P/c1-6-8-9-10-11-12-13-14-15-16-17-18-20-25(29)24(27-26(30)19-7-2)23-34-35(31,32)33-22-21-28(3,4)5/h18,20,24-25,29H,6-17,19,21-23H2,1-5H3,(H-,27,30,31,32)/b20-18+. The van der Waals surface area contributed by atoms with Crippen LogP contribution in [-0.2, 0) is 18.4 Å². The number of likely N-dealkylation sites (N-methyl/N-ethyl adjacent to an activating group) is 1. The van der Waals surface area contributed by atoms with Crippen LogP contribution < -0.4 is 10.2 Å². The summed E-state index contributed by atoms with van der Waals surface area (Å²) in [6.07, 6.45) is 16.9. The lowest BCUT2D eigenvalue weighted by atomic mass is 10.1. The number of quaternary nitrogens is 1. The number of aliphatic hydroxyl groups is 1. The van der Waals surface area contributed by atoms with E-state index >= 15 is 0 Å². The van der Waals surface area contributed by atoms with Gasteiger partial charge in [-0.05, 0) is 19.3 Å². The van der Waals surface area contributed by atoms with E-state index in [0.717, 1.165) is 19.3 Å². The van der Waals surface area contributed by atoms with Gasteiger partial charge in [-0.3, -0.25) is 9.36 Å². The van der Waals surface area contributed by atoms with Gasteiger partial charge in [0, 0.05) is 6.42 Å². The predicted molar refractivity (Wildman–Crippen MR) is 141 cm³/mol. The zero-order chi connectivity index (χ0) is 26.6. The number of phosphoric acid groups is 1. The third kappa shape index (κ3) is 22.2. The molecule has 0 aliphatic heterocycles. The van der Waals surface area contributed by atoms with Crippen LogP contribution in [0.4, 0.5) is 0 Å². The highest BCUT2D eigenvalue weighted by Crippen LogP contribution is 2.38. The van der Waals surface area contributed by atoms with Crippen LogP contribution in [-0.4, -0.2) is 68.5 Å². The summed E-state index contributed by atoms with van der Waals surface area (Å²) in [6, 6.07) is -0.873. The molecule has 8 nitrogen and oxygen atoms in total. The third-order valence-electron chi connectivity index (χ3n) is 5.72. The first-order chi connectivity index (χ1) is 16.5. The minimum Gasteiger partial charge on any atom is -0.756 e. The van der Waals surface area contributed by atoms with Crippen molar-refractivity contribution in [3.8, 4) is 0 Å². The zero-order valence-corrected chi connectivity index (χ0v) is 23.9. The maximum atomic E-state index is 12.1. The molecule has 0 aromatic rings. The van der Waals surface area contributed by atoms with E-state index in [1.165, 1.54) is 51.4 Å². The van der Waals surface area contributed by atoms with E-state index in [4.69, 9.17) is 9.05 Å². The van der Waals surface area contributed by atoms with Crippen LogP contribution in [0.3, 0.4) is 0 Å². The molecule has 0 aromatic carbocycles. The van der Waals surface area contributed by atoms with Crippen LogP contribution in [0.15, 0.2) is 12.2 Å². The molecule has 1 amide bonds. The Morgan fingerprint density at radius 2 is 1.54 bits per heavy atom. The fourth-order valence-corrected chi connectivity index (χ4v) is 4.21. The monoisotopic (exact) mass is 520 g/mol. The van der Waals surface area contributed by atoms with E-state index in [9.17, 15) is 19.4 Å². The first kappa shape index (κ1) is 34.2. The molecule has 0 aliphatic rings. The normalized spacial score (nSPS) is 15.7. The average Bonchev–Trinajstić information content (AvgIpc) is 2.76. The molecule has 2 N–H and O–H groups in total. The molecule has 0 saturated heterocycles. The number of hydrogen-bond acceptors (Lipinski definition) is 6. The number of unbranched alkanes of at least 4 members (excludes halogenated alkanes) is 10. The Kier molecular flexibility index (Phi) is 19.9. The summed E-state index contributed by atoms with van der Waals surface area (Å²) in [4.78, 5) is 24.1. The van der Waals surface area contributed by atoms with Crippen molar-refractivity contribution in [2.45, 2.75) is 109 Å². The largest absolute Gasteiger partial charge is 0.756 e. The van der Waals surface area contributed by atoms with Gasteiger partial charge in [0.25, 0.3) is 7.82 Å². The molecule has 0 rings (SSSR count). The molecule has 3 atom stereocenters. The fraction of sp³-hybridized carbons (Fsp3) is 0.885. The minimum absolute atomic E-state index is 0.00154. The highest BCUT2D eigenvalue weighted by atomic mass is 31.2. The lowest BCUT2D eigenvalue weighted by Crippen LogP contribution is -2.45. The molecular formula is C26H53N2O6P. The molecule has 208 valence electrons. The van der Waals surface area contributed by atoms with Crippen molar-refractivity contribution in [3.05, 3.63) is 12.2 Å². The quantitative estimate of drug-likeness (QED) is 0.0875. The SMILES string of the molecule is CCCCCCCCCCCC/C=C/C(O)C(COP(=O)([O-])OCC[N+](C)(C)C)NC(=O)CCC. The van der Waals surface area contributed by atoms with Crippen LogP contribution in [0.25, 0.3) is 0 Å². The van der Waals surface area contributed by atoms with Gasteiger partial charge in [-0.2, -0.15) is 0 Å². The zero-order valence-electron chi connectivity index (χ0n) is 23.0. The molecule has 9 heteroatoms. The minimum atomic E-state index is -4.54. The Hall–Kier alpha value is -0.760. The Morgan fingerprint density at radius 3 is 2.09 bits per heavy atom. The van der Waals surface area contributed by atoms with E-state index in [1.54, 1.807) is 6.08 Å². The van der Waals surface area contributed by atoms with Gasteiger partial charge in [-0.15, -0.1) is 0 Å². The number of carbonyl (C=O) groups is 1. The van der Waals surface area contributed by atoms with Crippen LogP contribution in [0, 0.1) is 0 Å². The van der Waals surface area contributed by atoms with E-state index < -0.39 is 20.0 Å². The predicted octanol–water partition coefficient (Wildman–Crippen LogP) is 4.71. The van der Waals surface area contributed by atoms with Crippen molar-refractivity contribution >= 4 is 13.7 Å². The van der Waals surface area contributed by atoms with E-state index in [1.807, 2.05) is 34.1 Å². The van der Waals surface area contributed by atoms with Crippen molar-refractivity contribution in [3.63, 3.8) is 0 Å². The fourth-order valence-electron chi connectivity index (χ4n) is 3.49. The third-order valence-corrected chi connectivity index (χ3v) is 6.68. The average molecular weight is 521 g/mol. The van der Waals surface area contributed by atoms with E-state index in [0.29, 0.717) is 23.9 Å². The number of carbonyl (C=O) groups excluding carboxylic acids is 1. The van der Waals surface area contributed by atoms with Gasteiger partial charge in [0.05, 0.1) is 39.9 Å². The van der Waals surface area contributed by atoms with Gasteiger partial charge in [0.15, 0.2) is 0 Å². The summed E-state index contributed by atoms with van der Waals surface area (Å²) in [5.41, 5.74) is 0. The van der Waals surface area contributed by atoms with Gasteiger partial charge in [0.2, 0.25) is 5.91 Å². The number of rotatable bonds is 23. The van der Waals surface area contributed by atoms with Crippen molar-refractivity contribution in [2.75, 3.05) is 40.9 Å².